The van der Waals surface area contributed by atoms with Gasteiger partial charge in [0.1, 0.15) is 0 Å². The second kappa shape index (κ2) is 9.20. The Balaban J connectivity index is 0.00000225. The van der Waals surface area contributed by atoms with Crippen LogP contribution in [0.4, 0.5) is 5.69 Å². The molecule has 2 heterocycles. The molecule has 0 radical (unpaired) electrons. The molecular weight excluding hydrogens is 338 g/mol. The molecule has 0 unspecified atom stereocenters. The SMILES string of the molecule is C[C@H]1C[C@@H](C(=O)NCc2ccc(N3CCCCC3=O)cc2)CCN1.Cl. The zero-order chi connectivity index (χ0) is 16.9. The third-order valence-corrected chi connectivity index (χ3v) is 5.03. The Morgan fingerprint density at radius 3 is 2.72 bits per heavy atom. The molecule has 2 aliphatic heterocycles. The molecule has 3 rings (SSSR count). The van der Waals surface area contributed by atoms with Crippen LogP contribution in [0.2, 0.25) is 0 Å². The van der Waals surface area contributed by atoms with Crippen molar-refractivity contribution in [2.24, 2.45) is 5.92 Å². The molecule has 2 amide bonds. The molecule has 2 saturated heterocycles. The Labute approximate surface area is 155 Å². The lowest BCUT2D eigenvalue weighted by Gasteiger charge is -2.27. The highest BCUT2D eigenvalue weighted by molar-refractivity contribution is 5.93. The van der Waals surface area contributed by atoms with Gasteiger partial charge in [-0.3, -0.25) is 9.59 Å². The molecule has 6 heteroatoms. The van der Waals surface area contributed by atoms with Crippen molar-refractivity contribution in [3.63, 3.8) is 0 Å². The Bertz CT molecular complexity index is 591. The van der Waals surface area contributed by atoms with Gasteiger partial charge in [-0.15, -0.1) is 12.4 Å². The molecule has 2 aliphatic rings. The van der Waals surface area contributed by atoms with E-state index < -0.39 is 0 Å². The number of amides is 2. The minimum absolute atomic E-state index is 0. The molecule has 0 spiro atoms. The van der Waals surface area contributed by atoms with E-state index in [0.717, 1.165) is 50.0 Å². The van der Waals surface area contributed by atoms with E-state index in [1.807, 2.05) is 29.2 Å². The minimum atomic E-state index is 0. The zero-order valence-corrected chi connectivity index (χ0v) is 15.6. The summed E-state index contributed by atoms with van der Waals surface area (Å²) in [6.45, 7) is 4.39. The van der Waals surface area contributed by atoms with Gasteiger partial charge < -0.3 is 15.5 Å². The first-order chi connectivity index (χ1) is 11.6. The van der Waals surface area contributed by atoms with Gasteiger partial charge in [-0.25, -0.2) is 0 Å². The average molecular weight is 366 g/mol. The predicted molar refractivity (Wildman–Crippen MR) is 102 cm³/mol. The maximum atomic E-state index is 12.3. The third-order valence-electron chi connectivity index (χ3n) is 5.03. The van der Waals surface area contributed by atoms with Gasteiger partial charge in [0.25, 0.3) is 0 Å². The lowest BCUT2D eigenvalue weighted by molar-refractivity contribution is -0.126. The number of nitrogens with zero attached hydrogens (tertiary/aromatic N) is 1. The highest BCUT2D eigenvalue weighted by Gasteiger charge is 2.24. The van der Waals surface area contributed by atoms with Crippen molar-refractivity contribution in [2.45, 2.75) is 51.6 Å². The summed E-state index contributed by atoms with van der Waals surface area (Å²) < 4.78 is 0. The van der Waals surface area contributed by atoms with Crippen molar-refractivity contribution in [3.8, 4) is 0 Å². The minimum Gasteiger partial charge on any atom is -0.352 e. The number of halogens is 1. The van der Waals surface area contributed by atoms with Gasteiger partial charge in [0.15, 0.2) is 0 Å². The number of rotatable bonds is 4. The molecule has 138 valence electrons. The van der Waals surface area contributed by atoms with Crippen LogP contribution in [0.1, 0.15) is 44.6 Å². The molecular formula is C19H28ClN3O2. The van der Waals surface area contributed by atoms with Crippen LogP contribution >= 0.6 is 12.4 Å². The second-order valence-electron chi connectivity index (χ2n) is 6.96. The van der Waals surface area contributed by atoms with Gasteiger partial charge in [-0.2, -0.15) is 0 Å². The standard InChI is InChI=1S/C19H27N3O2.ClH/c1-14-12-16(9-10-20-14)19(24)21-13-15-5-7-17(8-6-15)22-11-3-2-4-18(22)23;/h5-8,14,16,20H,2-4,9-13H2,1H3,(H,21,24);1H/t14-,16-;/m0./s1. The Kier molecular flexibility index (Phi) is 7.26. The number of hydrogen-bond acceptors (Lipinski definition) is 3. The number of carbonyl (C=O) groups is 2. The maximum Gasteiger partial charge on any atom is 0.226 e. The number of benzene rings is 1. The second-order valence-corrected chi connectivity index (χ2v) is 6.96. The first kappa shape index (κ1) is 19.7. The monoisotopic (exact) mass is 365 g/mol. The number of anilines is 1. The molecule has 1 aromatic rings. The highest BCUT2D eigenvalue weighted by atomic mass is 35.5. The lowest BCUT2D eigenvalue weighted by atomic mass is 9.92. The summed E-state index contributed by atoms with van der Waals surface area (Å²) in [7, 11) is 0. The number of piperidine rings is 2. The van der Waals surface area contributed by atoms with Gasteiger partial charge in [0.2, 0.25) is 11.8 Å². The van der Waals surface area contributed by atoms with Crippen molar-refractivity contribution in [1.82, 2.24) is 10.6 Å². The van der Waals surface area contributed by atoms with E-state index in [4.69, 9.17) is 0 Å². The van der Waals surface area contributed by atoms with Crippen molar-refractivity contribution >= 4 is 29.9 Å². The van der Waals surface area contributed by atoms with Crippen LogP contribution in [0.3, 0.4) is 0 Å². The summed E-state index contributed by atoms with van der Waals surface area (Å²) in [5.74, 6) is 0.479. The van der Waals surface area contributed by atoms with Gasteiger partial charge in [0, 0.05) is 37.2 Å². The van der Waals surface area contributed by atoms with Gasteiger partial charge >= 0.3 is 0 Å². The number of hydrogen-bond donors (Lipinski definition) is 2. The average Bonchev–Trinajstić information content (AvgIpc) is 2.61. The summed E-state index contributed by atoms with van der Waals surface area (Å²) in [5, 5.41) is 6.42. The maximum absolute atomic E-state index is 12.3. The molecule has 2 fully saturated rings. The molecule has 0 aliphatic carbocycles. The fraction of sp³-hybridized carbons (Fsp3) is 0.579. The summed E-state index contributed by atoms with van der Waals surface area (Å²) in [6.07, 6.45) is 4.52. The predicted octanol–water partition coefficient (Wildman–Crippen LogP) is 2.63. The Morgan fingerprint density at radius 1 is 1.28 bits per heavy atom. The number of nitrogens with one attached hydrogen (secondary N) is 2. The Morgan fingerprint density at radius 2 is 2.04 bits per heavy atom. The van der Waals surface area contributed by atoms with E-state index in [1.54, 1.807) is 0 Å². The van der Waals surface area contributed by atoms with Gasteiger partial charge in [-0.05, 0) is 56.8 Å². The smallest absolute Gasteiger partial charge is 0.226 e. The molecule has 2 N–H and O–H groups in total. The third kappa shape index (κ3) is 5.19. The molecule has 0 aromatic heterocycles. The number of carbonyl (C=O) groups excluding carboxylic acids is 2. The fourth-order valence-electron chi connectivity index (χ4n) is 3.58. The van der Waals surface area contributed by atoms with Crippen molar-refractivity contribution in [1.29, 1.82) is 0 Å². The van der Waals surface area contributed by atoms with Crippen LogP contribution in [0, 0.1) is 5.92 Å². The molecule has 25 heavy (non-hydrogen) atoms. The topological polar surface area (TPSA) is 61.4 Å². The van der Waals surface area contributed by atoms with E-state index in [9.17, 15) is 9.59 Å². The lowest BCUT2D eigenvalue weighted by Crippen LogP contribution is -2.42. The van der Waals surface area contributed by atoms with Crippen LogP contribution in [-0.2, 0) is 16.1 Å². The van der Waals surface area contributed by atoms with E-state index in [0.29, 0.717) is 19.0 Å². The van der Waals surface area contributed by atoms with E-state index in [-0.39, 0.29) is 30.1 Å². The molecule has 5 nitrogen and oxygen atoms in total. The van der Waals surface area contributed by atoms with Crippen molar-refractivity contribution < 1.29 is 9.59 Å². The van der Waals surface area contributed by atoms with E-state index in [1.165, 1.54) is 0 Å². The van der Waals surface area contributed by atoms with Gasteiger partial charge in [-0.1, -0.05) is 12.1 Å². The van der Waals surface area contributed by atoms with E-state index >= 15 is 0 Å². The first-order valence-corrected chi connectivity index (χ1v) is 9.04. The van der Waals surface area contributed by atoms with Crippen LogP contribution in [0.15, 0.2) is 24.3 Å². The van der Waals surface area contributed by atoms with Crippen molar-refractivity contribution in [2.75, 3.05) is 18.0 Å². The fourth-order valence-corrected chi connectivity index (χ4v) is 3.58. The quantitative estimate of drug-likeness (QED) is 0.862. The summed E-state index contributed by atoms with van der Waals surface area (Å²) in [6, 6.07) is 8.38. The molecule has 0 bridgehead atoms. The summed E-state index contributed by atoms with van der Waals surface area (Å²) in [5.41, 5.74) is 2.03. The molecule has 1 aromatic carbocycles. The Hall–Kier alpha value is -1.59. The molecule has 0 saturated carbocycles. The summed E-state index contributed by atoms with van der Waals surface area (Å²) >= 11 is 0. The van der Waals surface area contributed by atoms with Crippen LogP contribution < -0.4 is 15.5 Å². The van der Waals surface area contributed by atoms with Crippen LogP contribution in [-0.4, -0.2) is 30.9 Å². The zero-order valence-electron chi connectivity index (χ0n) is 14.8. The van der Waals surface area contributed by atoms with Crippen molar-refractivity contribution in [3.05, 3.63) is 29.8 Å². The van der Waals surface area contributed by atoms with Crippen LogP contribution in [0.25, 0.3) is 0 Å². The largest absolute Gasteiger partial charge is 0.352 e. The summed E-state index contributed by atoms with van der Waals surface area (Å²) in [4.78, 5) is 26.1. The van der Waals surface area contributed by atoms with Gasteiger partial charge in [0.05, 0.1) is 0 Å². The van der Waals surface area contributed by atoms with E-state index in [2.05, 4.69) is 17.6 Å². The van der Waals surface area contributed by atoms with Crippen LogP contribution in [0.5, 0.6) is 0 Å². The normalized spacial score (nSPS) is 23.7. The molecule has 2 atom stereocenters. The highest BCUT2D eigenvalue weighted by Crippen LogP contribution is 2.21. The first-order valence-electron chi connectivity index (χ1n) is 9.04.